The number of hydrogen-bond acceptors (Lipinski definition) is 6. The van der Waals surface area contributed by atoms with Crippen molar-refractivity contribution in [2.45, 2.75) is 37.5 Å². The van der Waals surface area contributed by atoms with Gasteiger partial charge in [0.05, 0.1) is 5.69 Å². The van der Waals surface area contributed by atoms with E-state index in [1.165, 1.54) is 36.5 Å². The van der Waals surface area contributed by atoms with Crippen LogP contribution in [0, 0.1) is 5.82 Å². The standard InChI is InChI=1S/C17H17FN4OS/c18-12-3-4-13-14(9-12)23-20-15(13)10-5-7-22(8-6-10)17-19-16(21-24-17)11-1-2-11/h3-4,9-11H,1-2,5-8H2. The van der Waals surface area contributed by atoms with Gasteiger partial charge in [0.2, 0.25) is 5.13 Å². The van der Waals surface area contributed by atoms with Gasteiger partial charge in [-0.25, -0.2) is 9.37 Å². The highest BCUT2D eigenvalue weighted by atomic mass is 32.1. The lowest BCUT2D eigenvalue weighted by molar-refractivity contribution is 0.416. The first-order valence-electron chi connectivity index (χ1n) is 8.41. The summed E-state index contributed by atoms with van der Waals surface area (Å²) in [6.07, 6.45) is 4.46. The van der Waals surface area contributed by atoms with Crippen LogP contribution in [0.5, 0.6) is 0 Å². The van der Waals surface area contributed by atoms with Crippen molar-refractivity contribution in [1.29, 1.82) is 0 Å². The Labute approximate surface area is 142 Å². The summed E-state index contributed by atoms with van der Waals surface area (Å²) in [7, 11) is 0. The van der Waals surface area contributed by atoms with Crippen LogP contribution in [-0.2, 0) is 0 Å². The minimum Gasteiger partial charge on any atom is -0.356 e. The third kappa shape index (κ3) is 2.47. The summed E-state index contributed by atoms with van der Waals surface area (Å²) in [4.78, 5) is 7.02. The number of anilines is 1. The van der Waals surface area contributed by atoms with Gasteiger partial charge in [0.15, 0.2) is 5.58 Å². The predicted octanol–water partition coefficient (Wildman–Crippen LogP) is 4.08. The molecule has 1 aliphatic heterocycles. The fourth-order valence-electron chi connectivity index (χ4n) is 3.43. The molecule has 0 radical (unpaired) electrons. The predicted molar refractivity (Wildman–Crippen MR) is 90.0 cm³/mol. The Morgan fingerprint density at radius 3 is 2.75 bits per heavy atom. The number of aromatic nitrogens is 3. The first-order chi connectivity index (χ1) is 11.8. The van der Waals surface area contributed by atoms with E-state index < -0.39 is 0 Å². The van der Waals surface area contributed by atoms with E-state index in [0.717, 1.165) is 48.0 Å². The van der Waals surface area contributed by atoms with E-state index in [4.69, 9.17) is 9.51 Å². The molecule has 0 atom stereocenters. The summed E-state index contributed by atoms with van der Waals surface area (Å²) in [5.74, 6) is 1.70. The van der Waals surface area contributed by atoms with Crippen molar-refractivity contribution in [1.82, 2.24) is 14.5 Å². The van der Waals surface area contributed by atoms with Crippen LogP contribution < -0.4 is 4.90 Å². The molecular weight excluding hydrogens is 327 g/mol. The zero-order chi connectivity index (χ0) is 16.1. The zero-order valence-electron chi connectivity index (χ0n) is 13.1. The van der Waals surface area contributed by atoms with Gasteiger partial charge in [-0.1, -0.05) is 5.16 Å². The van der Waals surface area contributed by atoms with Crippen molar-refractivity contribution in [2.75, 3.05) is 18.0 Å². The minimum absolute atomic E-state index is 0.289. The minimum atomic E-state index is -0.289. The molecule has 2 aliphatic rings. The maximum absolute atomic E-state index is 13.3. The van der Waals surface area contributed by atoms with E-state index in [-0.39, 0.29) is 5.82 Å². The molecule has 1 saturated heterocycles. The van der Waals surface area contributed by atoms with Gasteiger partial charge in [-0.15, -0.1) is 0 Å². The molecule has 0 amide bonds. The number of fused-ring (bicyclic) bond motifs is 1. The first-order valence-corrected chi connectivity index (χ1v) is 9.18. The van der Waals surface area contributed by atoms with Crippen molar-refractivity contribution in [2.24, 2.45) is 0 Å². The molecule has 1 saturated carbocycles. The van der Waals surface area contributed by atoms with Crippen LogP contribution in [0.4, 0.5) is 9.52 Å². The molecule has 5 rings (SSSR count). The molecule has 124 valence electrons. The Kier molecular flexibility index (Phi) is 3.29. The van der Waals surface area contributed by atoms with E-state index >= 15 is 0 Å². The van der Waals surface area contributed by atoms with Crippen LogP contribution in [0.15, 0.2) is 22.7 Å². The first kappa shape index (κ1) is 14.3. The van der Waals surface area contributed by atoms with Crippen molar-refractivity contribution in [3.05, 3.63) is 35.5 Å². The van der Waals surface area contributed by atoms with Crippen LogP contribution in [-0.4, -0.2) is 27.6 Å². The Morgan fingerprint density at radius 2 is 1.96 bits per heavy atom. The molecule has 24 heavy (non-hydrogen) atoms. The smallest absolute Gasteiger partial charge is 0.205 e. The number of halogens is 1. The fraction of sp³-hybridized carbons (Fsp3) is 0.471. The molecule has 5 nitrogen and oxygen atoms in total. The Balaban J connectivity index is 1.31. The normalized spacial score (nSPS) is 19.3. The van der Waals surface area contributed by atoms with Crippen LogP contribution in [0.3, 0.4) is 0 Å². The van der Waals surface area contributed by atoms with E-state index in [0.29, 0.717) is 17.4 Å². The van der Waals surface area contributed by atoms with Crippen LogP contribution in [0.2, 0.25) is 0 Å². The van der Waals surface area contributed by atoms with E-state index in [1.54, 1.807) is 6.07 Å². The topological polar surface area (TPSA) is 55.1 Å². The van der Waals surface area contributed by atoms with E-state index in [1.807, 2.05) is 0 Å². The zero-order valence-corrected chi connectivity index (χ0v) is 13.9. The molecule has 2 fully saturated rings. The maximum Gasteiger partial charge on any atom is 0.205 e. The quantitative estimate of drug-likeness (QED) is 0.716. The molecule has 3 aromatic rings. The van der Waals surface area contributed by atoms with Gasteiger partial charge >= 0.3 is 0 Å². The van der Waals surface area contributed by atoms with Gasteiger partial charge in [0, 0.05) is 47.9 Å². The molecule has 1 aromatic carbocycles. The summed E-state index contributed by atoms with van der Waals surface area (Å²) < 4.78 is 23.1. The number of piperidine rings is 1. The highest BCUT2D eigenvalue weighted by Gasteiger charge is 2.30. The van der Waals surface area contributed by atoms with Crippen molar-refractivity contribution < 1.29 is 8.91 Å². The SMILES string of the molecule is Fc1ccc2c(C3CCN(c4nc(C5CC5)ns4)CC3)noc2c1. The lowest BCUT2D eigenvalue weighted by Crippen LogP contribution is -2.32. The fourth-order valence-corrected chi connectivity index (χ4v) is 4.23. The van der Waals surface area contributed by atoms with E-state index in [2.05, 4.69) is 14.4 Å². The lowest BCUT2D eigenvalue weighted by Gasteiger charge is -2.30. The molecule has 0 bridgehead atoms. The van der Waals surface area contributed by atoms with E-state index in [9.17, 15) is 4.39 Å². The van der Waals surface area contributed by atoms with Gasteiger partial charge in [-0.05, 0) is 37.8 Å². The van der Waals surface area contributed by atoms with Gasteiger partial charge in [-0.3, -0.25) is 0 Å². The number of nitrogens with zero attached hydrogens (tertiary/aromatic N) is 4. The number of benzene rings is 1. The monoisotopic (exact) mass is 344 g/mol. The van der Waals surface area contributed by atoms with Crippen molar-refractivity contribution in [3.63, 3.8) is 0 Å². The molecule has 0 N–H and O–H groups in total. The second kappa shape index (κ2) is 5.51. The summed E-state index contributed by atoms with van der Waals surface area (Å²) >= 11 is 1.52. The Hall–Kier alpha value is -2.02. The average molecular weight is 344 g/mol. The summed E-state index contributed by atoms with van der Waals surface area (Å²) in [5, 5.41) is 6.18. The van der Waals surface area contributed by atoms with Gasteiger partial charge in [0.1, 0.15) is 11.6 Å². The Bertz CT molecular complexity index is 880. The van der Waals surface area contributed by atoms with Crippen LogP contribution in [0.1, 0.15) is 49.0 Å². The molecule has 7 heteroatoms. The third-order valence-electron chi connectivity index (χ3n) is 4.99. The number of hydrogen-bond donors (Lipinski definition) is 0. The van der Waals surface area contributed by atoms with Gasteiger partial charge in [-0.2, -0.15) is 4.37 Å². The van der Waals surface area contributed by atoms with Gasteiger partial charge < -0.3 is 9.42 Å². The average Bonchev–Trinajstić information content (AvgIpc) is 3.19. The number of rotatable bonds is 3. The highest BCUT2D eigenvalue weighted by Crippen LogP contribution is 2.40. The largest absolute Gasteiger partial charge is 0.356 e. The second-order valence-corrected chi connectivity index (χ2v) is 7.41. The maximum atomic E-state index is 13.3. The molecular formula is C17H17FN4OS. The van der Waals surface area contributed by atoms with Crippen LogP contribution in [0.25, 0.3) is 11.0 Å². The van der Waals surface area contributed by atoms with Crippen LogP contribution >= 0.6 is 11.5 Å². The van der Waals surface area contributed by atoms with Crippen molar-refractivity contribution in [3.8, 4) is 0 Å². The molecule has 3 heterocycles. The lowest BCUT2D eigenvalue weighted by atomic mass is 9.92. The summed E-state index contributed by atoms with van der Waals surface area (Å²) in [6.45, 7) is 1.89. The molecule has 2 aromatic heterocycles. The Morgan fingerprint density at radius 1 is 1.12 bits per heavy atom. The van der Waals surface area contributed by atoms with Gasteiger partial charge in [0.25, 0.3) is 0 Å². The molecule has 0 unspecified atom stereocenters. The highest BCUT2D eigenvalue weighted by molar-refractivity contribution is 7.09. The van der Waals surface area contributed by atoms with Crippen molar-refractivity contribution >= 4 is 27.6 Å². The molecule has 1 aliphatic carbocycles. The third-order valence-corrected chi connectivity index (χ3v) is 5.78. The second-order valence-electron chi connectivity index (χ2n) is 6.68. The molecule has 0 spiro atoms. The summed E-state index contributed by atoms with van der Waals surface area (Å²) in [5.41, 5.74) is 1.49. The summed E-state index contributed by atoms with van der Waals surface area (Å²) in [6, 6.07) is 4.65.